The van der Waals surface area contributed by atoms with Gasteiger partial charge in [-0.2, -0.15) is 0 Å². The first-order valence-electron chi connectivity index (χ1n) is 7.69. The molecule has 3 N–H and O–H groups in total. The van der Waals surface area contributed by atoms with Crippen LogP contribution in [-0.4, -0.2) is 25.2 Å². The second kappa shape index (κ2) is 8.51. The van der Waals surface area contributed by atoms with Gasteiger partial charge < -0.3 is 15.8 Å². The highest BCUT2D eigenvalue weighted by Crippen LogP contribution is 2.20. The molecule has 124 valence electrons. The Balaban J connectivity index is 0.00000242. The highest BCUT2D eigenvalue weighted by Gasteiger charge is 2.27. The minimum absolute atomic E-state index is 0. The van der Waals surface area contributed by atoms with Crippen molar-refractivity contribution in [3.05, 3.63) is 34.9 Å². The Labute approximate surface area is 139 Å². The number of carbonyl (C=O) groups excluding carboxylic acids is 1. The Kier molecular flexibility index (Phi) is 7.33. The first kappa shape index (κ1) is 18.9. The lowest BCUT2D eigenvalue weighted by Gasteiger charge is -2.28. The van der Waals surface area contributed by atoms with Crippen molar-refractivity contribution >= 4 is 18.3 Å². The summed E-state index contributed by atoms with van der Waals surface area (Å²) >= 11 is 0. The van der Waals surface area contributed by atoms with Crippen molar-refractivity contribution in [1.29, 1.82) is 0 Å². The standard InChI is InChI=1S/C17H26N2O2.ClH/c1-11-8-12(2)10-15(9-11)13(3)19-17(20)16(18)14-4-6-21-7-5-14;/h8-10,13-14,16H,4-7,18H2,1-3H3,(H,19,20);1H. The number of ether oxygens (including phenoxy) is 1. The van der Waals surface area contributed by atoms with E-state index in [9.17, 15) is 4.79 Å². The van der Waals surface area contributed by atoms with Gasteiger partial charge in [0.2, 0.25) is 5.91 Å². The zero-order valence-corrected chi connectivity index (χ0v) is 14.4. The number of aryl methyl sites for hydroxylation is 2. The van der Waals surface area contributed by atoms with Gasteiger partial charge in [-0.05, 0) is 45.1 Å². The van der Waals surface area contributed by atoms with Crippen molar-refractivity contribution in [2.45, 2.75) is 45.7 Å². The van der Waals surface area contributed by atoms with E-state index >= 15 is 0 Å². The van der Waals surface area contributed by atoms with E-state index in [1.165, 1.54) is 11.1 Å². The van der Waals surface area contributed by atoms with Gasteiger partial charge >= 0.3 is 0 Å². The predicted octanol–water partition coefficient (Wildman–Crippen LogP) is 2.66. The second-order valence-corrected chi connectivity index (χ2v) is 6.13. The monoisotopic (exact) mass is 326 g/mol. The molecule has 22 heavy (non-hydrogen) atoms. The molecule has 1 aromatic rings. The summed E-state index contributed by atoms with van der Waals surface area (Å²) in [5.74, 6) is 0.166. The van der Waals surface area contributed by atoms with Crippen molar-refractivity contribution in [2.24, 2.45) is 11.7 Å². The van der Waals surface area contributed by atoms with E-state index < -0.39 is 6.04 Å². The predicted molar refractivity (Wildman–Crippen MR) is 91.2 cm³/mol. The Hall–Kier alpha value is -1.10. The summed E-state index contributed by atoms with van der Waals surface area (Å²) in [5, 5.41) is 3.04. The van der Waals surface area contributed by atoms with Crippen molar-refractivity contribution in [3.63, 3.8) is 0 Å². The summed E-state index contributed by atoms with van der Waals surface area (Å²) in [6.45, 7) is 7.55. The van der Waals surface area contributed by atoms with E-state index in [1.807, 2.05) is 6.92 Å². The molecule has 1 saturated heterocycles. The molecule has 1 fully saturated rings. The molecule has 1 amide bonds. The number of carbonyl (C=O) groups is 1. The molecule has 2 atom stereocenters. The third-order valence-electron chi connectivity index (χ3n) is 4.18. The van der Waals surface area contributed by atoms with Gasteiger partial charge in [0.05, 0.1) is 12.1 Å². The van der Waals surface area contributed by atoms with Crippen LogP contribution in [-0.2, 0) is 9.53 Å². The van der Waals surface area contributed by atoms with Gasteiger partial charge in [-0.25, -0.2) is 0 Å². The molecular formula is C17H27ClN2O2. The third kappa shape index (κ3) is 4.97. The van der Waals surface area contributed by atoms with Gasteiger partial charge in [-0.3, -0.25) is 4.79 Å². The summed E-state index contributed by atoms with van der Waals surface area (Å²) in [6, 6.07) is 5.88. The van der Waals surface area contributed by atoms with Gasteiger partial charge in [-0.15, -0.1) is 12.4 Å². The van der Waals surface area contributed by atoms with Crippen LogP contribution < -0.4 is 11.1 Å². The maximum absolute atomic E-state index is 12.3. The summed E-state index contributed by atoms with van der Waals surface area (Å²) in [4.78, 5) is 12.3. The minimum Gasteiger partial charge on any atom is -0.381 e. The van der Waals surface area contributed by atoms with E-state index in [1.54, 1.807) is 0 Å². The lowest BCUT2D eigenvalue weighted by molar-refractivity contribution is -0.125. The van der Waals surface area contributed by atoms with Crippen LogP contribution >= 0.6 is 12.4 Å². The molecule has 1 aliphatic rings. The fourth-order valence-corrected chi connectivity index (χ4v) is 2.94. The molecule has 0 saturated carbocycles. The Morgan fingerprint density at radius 3 is 2.32 bits per heavy atom. The molecule has 0 aromatic heterocycles. The van der Waals surface area contributed by atoms with Crippen LogP contribution in [0.3, 0.4) is 0 Å². The summed E-state index contributed by atoms with van der Waals surface area (Å²) < 4.78 is 5.32. The van der Waals surface area contributed by atoms with Crippen LogP contribution in [0.1, 0.15) is 42.5 Å². The zero-order chi connectivity index (χ0) is 15.4. The normalized spacial score (nSPS) is 18.2. The largest absolute Gasteiger partial charge is 0.381 e. The summed E-state index contributed by atoms with van der Waals surface area (Å²) in [7, 11) is 0. The van der Waals surface area contributed by atoms with Crippen LogP contribution in [0.25, 0.3) is 0 Å². The molecule has 1 aromatic carbocycles. The van der Waals surface area contributed by atoms with Crippen LogP contribution in [0.4, 0.5) is 0 Å². The Bertz CT molecular complexity index is 481. The topological polar surface area (TPSA) is 64.4 Å². The highest BCUT2D eigenvalue weighted by atomic mass is 35.5. The van der Waals surface area contributed by atoms with E-state index in [-0.39, 0.29) is 30.3 Å². The summed E-state index contributed by atoms with van der Waals surface area (Å²) in [5.41, 5.74) is 9.65. The fraction of sp³-hybridized carbons (Fsp3) is 0.588. The number of nitrogens with one attached hydrogen (secondary N) is 1. The molecule has 4 nitrogen and oxygen atoms in total. The van der Waals surface area contributed by atoms with E-state index in [2.05, 4.69) is 37.4 Å². The first-order chi connectivity index (χ1) is 9.97. The zero-order valence-electron chi connectivity index (χ0n) is 13.6. The number of halogens is 1. The quantitative estimate of drug-likeness (QED) is 0.894. The van der Waals surface area contributed by atoms with Gasteiger partial charge in [-0.1, -0.05) is 29.3 Å². The van der Waals surface area contributed by atoms with Gasteiger partial charge in [0.15, 0.2) is 0 Å². The number of hydrogen-bond donors (Lipinski definition) is 2. The lowest BCUT2D eigenvalue weighted by Crippen LogP contribution is -2.47. The third-order valence-corrected chi connectivity index (χ3v) is 4.18. The molecule has 2 rings (SSSR count). The van der Waals surface area contributed by atoms with Crippen molar-refractivity contribution < 1.29 is 9.53 Å². The number of nitrogens with two attached hydrogens (primary N) is 1. The van der Waals surface area contributed by atoms with Crippen LogP contribution in [0.15, 0.2) is 18.2 Å². The van der Waals surface area contributed by atoms with E-state index in [0.717, 1.165) is 18.4 Å². The highest BCUT2D eigenvalue weighted by molar-refractivity contribution is 5.85. The van der Waals surface area contributed by atoms with Crippen molar-refractivity contribution in [3.8, 4) is 0 Å². The van der Waals surface area contributed by atoms with Gasteiger partial charge in [0, 0.05) is 13.2 Å². The van der Waals surface area contributed by atoms with Crippen molar-refractivity contribution in [1.82, 2.24) is 5.32 Å². The van der Waals surface area contributed by atoms with Crippen LogP contribution in [0.5, 0.6) is 0 Å². The van der Waals surface area contributed by atoms with Crippen LogP contribution in [0.2, 0.25) is 0 Å². The Morgan fingerprint density at radius 1 is 1.23 bits per heavy atom. The number of rotatable bonds is 4. The molecule has 0 spiro atoms. The summed E-state index contributed by atoms with van der Waals surface area (Å²) in [6.07, 6.45) is 1.74. The molecule has 0 aliphatic carbocycles. The molecular weight excluding hydrogens is 300 g/mol. The van der Waals surface area contributed by atoms with Gasteiger partial charge in [0.25, 0.3) is 0 Å². The maximum Gasteiger partial charge on any atom is 0.237 e. The fourth-order valence-electron chi connectivity index (χ4n) is 2.94. The second-order valence-electron chi connectivity index (χ2n) is 6.13. The van der Waals surface area contributed by atoms with E-state index in [0.29, 0.717) is 13.2 Å². The smallest absolute Gasteiger partial charge is 0.237 e. The molecule has 0 radical (unpaired) electrons. The SMILES string of the molecule is Cc1cc(C)cc(C(C)NC(=O)C(N)C2CCOCC2)c1.Cl. The number of amides is 1. The average Bonchev–Trinajstić information content (AvgIpc) is 2.46. The molecule has 1 heterocycles. The van der Waals surface area contributed by atoms with E-state index in [4.69, 9.17) is 10.5 Å². The van der Waals surface area contributed by atoms with Gasteiger partial charge in [0.1, 0.15) is 0 Å². The first-order valence-corrected chi connectivity index (χ1v) is 7.69. The molecule has 2 unspecified atom stereocenters. The molecule has 0 bridgehead atoms. The minimum atomic E-state index is -0.442. The molecule has 1 aliphatic heterocycles. The number of hydrogen-bond acceptors (Lipinski definition) is 3. The van der Waals surface area contributed by atoms with Crippen molar-refractivity contribution in [2.75, 3.05) is 13.2 Å². The Morgan fingerprint density at radius 2 is 1.77 bits per heavy atom. The lowest BCUT2D eigenvalue weighted by atomic mass is 9.91. The maximum atomic E-state index is 12.3. The average molecular weight is 327 g/mol. The molecule has 5 heteroatoms. The number of benzene rings is 1. The van der Waals surface area contributed by atoms with Crippen LogP contribution in [0, 0.1) is 19.8 Å².